The fourth-order valence-corrected chi connectivity index (χ4v) is 5.62. The second-order valence-electron chi connectivity index (χ2n) is 9.85. The van der Waals surface area contributed by atoms with E-state index in [1.807, 2.05) is 0 Å². The highest BCUT2D eigenvalue weighted by molar-refractivity contribution is 7.92. The molecule has 39 heavy (non-hydrogen) atoms. The number of phenols is 1. The Morgan fingerprint density at radius 2 is 1.82 bits per heavy atom. The first-order valence-electron chi connectivity index (χ1n) is 12.5. The van der Waals surface area contributed by atoms with Crippen molar-refractivity contribution in [1.82, 2.24) is 0 Å². The number of nitrogens with zero attached hydrogens (tertiary/aromatic N) is 1. The molecular weight excluding hydrogens is 533 g/mol. The number of halogens is 3. The predicted molar refractivity (Wildman–Crippen MR) is 141 cm³/mol. The van der Waals surface area contributed by atoms with E-state index in [9.17, 15) is 31.5 Å². The van der Waals surface area contributed by atoms with Crippen molar-refractivity contribution in [2.24, 2.45) is 0 Å². The Kier molecular flexibility index (Phi) is 7.06. The highest BCUT2D eigenvalue weighted by atomic mass is 32.2. The van der Waals surface area contributed by atoms with Crippen LogP contribution in [0.1, 0.15) is 52.4 Å². The quantitative estimate of drug-likeness (QED) is 0.379. The molecule has 11 heteroatoms. The fourth-order valence-electron chi connectivity index (χ4n) is 5.06. The number of carbonyl (C=O) groups excluding carboxylic acids is 1. The van der Waals surface area contributed by atoms with Crippen LogP contribution < -0.4 is 9.62 Å². The average molecular weight is 561 g/mol. The molecule has 2 N–H and O–H groups in total. The number of nitrogens with one attached hydrogen (secondary N) is 1. The van der Waals surface area contributed by atoms with Gasteiger partial charge >= 0.3 is 6.18 Å². The standard InChI is InChI=1S/C28H27F3N2O5S/c1-39(36,37)32-24-16-22(6-8-25(24)34)33-10-9-18-12-17(5-7-23(18)27(33)35)19-13-20(26-4-2-3-11-38-26)15-21(14-19)28(29,30)31/h5-8,12-16,26,32,34H,2-4,9-11H2,1H3. The Balaban J connectivity index is 1.47. The molecule has 2 aliphatic rings. The van der Waals surface area contributed by atoms with Gasteiger partial charge in [-0.1, -0.05) is 12.1 Å². The number of benzene rings is 3. The van der Waals surface area contributed by atoms with Crippen LogP contribution in [0.2, 0.25) is 0 Å². The molecule has 0 saturated carbocycles. The average Bonchev–Trinajstić information content (AvgIpc) is 2.89. The molecule has 3 aromatic rings. The molecule has 7 nitrogen and oxygen atoms in total. The van der Waals surface area contributed by atoms with Crippen molar-refractivity contribution >= 4 is 27.3 Å². The van der Waals surface area contributed by atoms with E-state index in [2.05, 4.69) is 4.72 Å². The van der Waals surface area contributed by atoms with Gasteiger partial charge in [0.25, 0.3) is 5.91 Å². The maximum absolute atomic E-state index is 13.8. The van der Waals surface area contributed by atoms with Gasteiger partial charge in [-0.05, 0) is 90.4 Å². The lowest BCUT2D eigenvalue weighted by Crippen LogP contribution is -2.37. The number of aromatic hydroxyl groups is 1. The fraction of sp³-hybridized carbons (Fsp3) is 0.321. The molecule has 0 radical (unpaired) electrons. The van der Waals surface area contributed by atoms with Gasteiger partial charge < -0.3 is 14.7 Å². The molecular formula is C28H27F3N2O5S. The molecule has 1 atom stereocenters. The summed E-state index contributed by atoms with van der Waals surface area (Å²) in [5.41, 5.74) is 2.18. The van der Waals surface area contributed by atoms with Gasteiger partial charge in [-0.25, -0.2) is 8.42 Å². The normalized spacial score (nSPS) is 18.1. The van der Waals surface area contributed by atoms with Crippen LogP contribution in [0.5, 0.6) is 5.75 Å². The third-order valence-corrected chi connectivity index (χ3v) is 7.53. The van der Waals surface area contributed by atoms with Crippen molar-refractivity contribution in [2.75, 3.05) is 29.0 Å². The minimum absolute atomic E-state index is 0.0498. The number of sulfonamides is 1. The molecule has 1 amide bonds. The lowest BCUT2D eigenvalue weighted by Gasteiger charge is -2.29. The molecule has 0 aromatic heterocycles. The molecule has 2 heterocycles. The summed E-state index contributed by atoms with van der Waals surface area (Å²) in [6.07, 6.45) is -1.08. The third kappa shape index (κ3) is 5.89. The van der Waals surface area contributed by atoms with Gasteiger partial charge in [0.2, 0.25) is 10.0 Å². The summed E-state index contributed by atoms with van der Waals surface area (Å²) >= 11 is 0. The SMILES string of the molecule is CS(=O)(=O)Nc1cc(N2CCc3cc(-c4cc(C5CCCCO5)cc(C(F)(F)F)c4)ccc3C2=O)ccc1O. The molecule has 1 fully saturated rings. The first-order valence-corrected chi connectivity index (χ1v) is 14.4. The number of fused-ring (bicyclic) bond motifs is 1. The van der Waals surface area contributed by atoms with E-state index in [1.54, 1.807) is 24.3 Å². The van der Waals surface area contributed by atoms with Crippen molar-refractivity contribution in [3.63, 3.8) is 0 Å². The zero-order chi connectivity index (χ0) is 27.9. The monoisotopic (exact) mass is 560 g/mol. The topological polar surface area (TPSA) is 95.9 Å². The number of phenolic OH excluding ortho intramolecular Hbond substituents is 1. The van der Waals surface area contributed by atoms with Gasteiger partial charge in [0.05, 0.1) is 23.6 Å². The van der Waals surface area contributed by atoms with Gasteiger partial charge in [0, 0.05) is 24.4 Å². The maximum atomic E-state index is 13.8. The number of rotatable bonds is 5. The molecule has 0 aliphatic carbocycles. The number of amides is 1. The van der Waals surface area contributed by atoms with E-state index >= 15 is 0 Å². The summed E-state index contributed by atoms with van der Waals surface area (Å²) in [4.78, 5) is 14.8. The van der Waals surface area contributed by atoms with Crippen LogP contribution in [0.25, 0.3) is 11.1 Å². The van der Waals surface area contributed by atoms with E-state index in [4.69, 9.17) is 4.74 Å². The second kappa shape index (κ2) is 10.2. The third-order valence-electron chi connectivity index (χ3n) is 6.94. The Hall–Kier alpha value is -3.57. The molecule has 0 spiro atoms. The van der Waals surface area contributed by atoms with E-state index in [-0.39, 0.29) is 30.0 Å². The van der Waals surface area contributed by atoms with Crippen molar-refractivity contribution < 1.29 is 36.2 Å². The molecule has 5 rings (SSSR count). The summed E-state index contributed by atoms with van der Waals surface area (Å²) in [6.45, 7) is 0.780. The Morgan fingerprint density at radius 1 is 1.03 bits per heavy atom. The van der Waals surface area contributed by atoms with Crippen LogP contribution >= 0.6 is 0 Å². The van der Waals surface area contributed by atoms with Crippen molar-refractivity contribution in [3.8, 4) is 16.9 Å². The summed E-state index contributed by atoms with van der Waals surface area (Å²) in [6, 6.07) is 13.2. The molecule has 206 valence electrons. The van der Waals surface area contributed by atoms with Crippen LogP contribution in [0.4, 0.5) is 24.5 Å². The van der Waals surface area contributed by atoms with Crippen LogP contribution in [0, 0.1) is 0 Å². The molecule has 2 aliphatic heterocycles. The van der Waals surface area contributed by atoms with Gasteiger partial charge in [-0.15, -0.1) is 0 Å². The minimum atomic E-state index is -4.51. The lowest BCUT2D eigenvalue weighted by atomic mass is 9.91. The largest absolute Gasteiger partial charge is 0.506 e. The van der Waals surface area contributed by atoms with Gasteiger partial charge in [0.15, 0.2) is 0 Å². The van der Waals surface area contributed by atoms with E-state index in [0.717, 1.165) is 31.2 Å². The van der Waals surface area contributed by atoms with Crippen LogP contribution in [0.3, 0.4) is 0 Å². The molecule has 0 bridgehead atoms. The first-order chi connectivity index (χ1) is 18.4. The highest BCUT2D eigenvalue weighted by Crippen LogP contribution is 2.39. The smallest absolute Gasteiger partial charge is 0.416 e. The zero-order valence-electron chi connectivity index (χ0n) is 21.1. The Labute approximate surface area is 224 Å². The minimum Gasteiger partial charge on any atom is -0.506 e. The van der Waals surface area contributed by atoms with Crippen molar-refractivity contribution in [3.05, 3.63) is 76.9 Å². The van der Waals surface area contributed by atoms with Crippen LogP contribution in [-0.2, 0) is 27.4 Å². The summed E-state index contributed by atoms with van der Waals surface area (Å²) in [7, 11) is -3.66. The molecule has 1 unspecified atom stereocenters. The van der Waals surface area contributed by atoms with Crippen LogP contribution in [-0.4, -0.2) is 38.8 Å². The summed E-state index contributed by atoms with van der Waals surface area (Å²) < 4.78 is 72.5. The number of hydrogen-bond acceptors (Lipinski definition) is 5. The first kappa shape index (κ1) is 27.0. The van der Waals surface area contributed by atoms with Crippen LogP contribution in [0.15, 0.2) is 54.6 Å². The van der Waals surface area contributed by atoms with Gasteiger partial charge in [-0.2, -0.15) is 13.2 Å². The number of carbonyl (C=O) groups is 1. The summed E-state index contributed by atoms with van der Waals surface area (Å²) in [5.74, 6) is -0.614. The predicted octanol–water partition coefficient (Wildman–Crippen LogP) is 5.89. The number of anilines is 2. The number of ether oxygens (including phenoxy) is 1. The number of alkyl halides is 3. The van der Waals surface area contributed by atoms with E-state index < -0.39 is 21.8 Å². The van der Waals surface area contributed by atoms with Crippen molar-refractivity contribution in [1.29, 1.82) is 0 Å². The second-order valence-corrected chi connectivity index (χ2v) is 11.6. The van der Waals surface area contributed by atoms with E-state index in [0.29, 0.717) is 53.0 Å². The zero-order valence-corrected chi connectivity index (χ0v) is 21.9. The van der Waals surface area contributed by atoms with E-state index in [1.165, 1.54) is 23.1 Å². The highest BCUT2D eigenvalue weighted by Gasteiger charge is 2.33. The Bertz CT molecular complexity index is 1530. The number of hydrogen-bond donors (Lipinski definition) is 2. The van der Waals surface area contributed by atoms with Crippen molar-refractivity contribution in [2.45, 2.75) is 38.0 Å². The van der Waals surface area contributed by atoms with Gasteiger partial charge in [-0.3, -0.25) is 9.52 Å². The Morgan fingerprint density at radius 3 is 2.51 bits per heavy atom. The molecule has 3 aromatic carbocycles. The maximum Gasteiger partial charge on any atom is 0.416 e. The lowest BCUT2D eigenvalue weighted by molar-refractivity contribution is -0.137. The van der Waals surface area contributed by atoms with Gasteiger partial charge in [0.1, 0.15) is 5.75 Å². The summed E-state index contributed by atoms with van der Waals surface area (Å²) in [5, 5.41) is 10.0. The molecule has 1 saturated heterocycles.